The number of rotatable bonds is 4. The van der Waals surface area contributed by atoms with E-state index in [2.05, 4.69) is 13.8 Å². The molecule has 20 heavy (non-hydrogen) atoms. The SMILES string of the molecule is CC(C)c1ccc(C(=O)c2cccc(N(C)C)c2)cc1. The normalized spacial score (nSPS) is 10.7. The van der Waals surface area contributed by atoms with Gasteiger partial charge in [0, 0.05) is 30.9 Å². The van der Waals surface area contributed by atoms with Gasteiger partial charge in [0.15, 0.2) is 5.78 Å². The van der Waals surface area contributed by atoms with Crippen LogP contribution in [0.5, 0.6) is 0 Å². The molecule has 0 radical (unpaired) electrons. The highest BCUT2D eigenvalue weighted by Crippen LogP contribution is 2.19. The van der Waals surface area contributed by atoms with Gasteiger partial charge in [-0.2, -0.15) is 0 Å². The fourth-order valence-corrected chi connectivity index (χ4v) is 2.11. The lowest BCUT2D eigenvalue weighted by Crippen LogP contribution is -2.10. The Hall–Kier alpha value is -2.09. The van der Waals surface area contributed by atoms with Crippen LogP contribution >= 0.6 is 0 Å². The molecule has 0 aliphatic rings. The Labute approximate surface area is 121 Å². The summed E-state index contributed by atoms with van der Waals surface area (Å²) in [5, 5.41) is 0. The van der Waals surface area contributed by atoms with E-state index >= 15 is 0 Å². The molecule has 0 atom stereocenters. The van der Waals surface area contributed by atoms with Crippen molar-refractivity contribution in [3.05, 3.63) is 65.2 Å². The van der Waals surface area contributed by atoms with Crippen molar-refractivity contribution in [3.63, 3.8) is 0 Å². The van der Waals surface area contributed by atoms with Crippen molar-refractivity contribution in [3.8, 4) is 0 Å². The van der Waals surface area contributed by atoms with E-state index in [1.165, 1.54) is 5.56 Å². The minimum Gasteiger partial charge on any atom is -0.378 e. The first kappa shape index (κ1) is 14.3. The van der Waals surface area contributed by atoms with Gasteiger partial charge in [0.2, 0.25) is 0 Å². The van der Waals surface area contributed by atoms with Gasteiger partial charge < -0.3 is 4.90 Å². The summed E-state index contributed by atoms with van der Waals surface area (Å²) in [6.07, 6.45) is 0. The van der Waals surface area contributed by atoms with Gasteiger partial charge in [-0.25, -0.2) is 0 Å². The quantitative estimate of drug-likeness (QED) is 0.777. The molecule has 0 bridgehead atoms. The number of anilines is 1. The Morgan fingerprint density at radius 1 is 0.950 bits per heavy atom. The van der Waals surface area contributed by atoms with Crippen molar-refractivity contribution in [2.45, 2.75) is 19.8 Å². The number of carbonyl (C=O) groups is 1. The van der Waals surface area contributed by atoms with Crippen LogP contribution in [0.15, 0.2) is 48.5 Å². The number of hydrogen-bond donors (Lipinski definition) is 0. The van der Waals surface area contributed by atoms with E-state index in [0.717, 1.165) is 16.8 Å². The van der Waals surface area contributed by atoms with Crippen molar-refractivity contribution < 1.29 is 4.79 Å². The molecule has 0 aliphatic heterocycles. The molecule has 0 spiro atoms. The minimum atomic E-state index is 0.0732. The third-order valence-electron chi connectivity index (χ3n) is 3.46. The van der Waals surface area contributed by atoms with Gasteiger partial charge in [-0.05, 0) is 23.6 Å². The van der Waals surface area contributed by atoms with Gasteiger partial charge >= 0.3 is 0 Å². The Bertz CT molecular complexity index is 597. The second-order valence-electron chi connectivity index (χ2n) is 5.55. The zero-order valence-electron chi connectivity index (χ0n) is 12.6. The summed E-state index contributed by atoms with van der Waals surface area (Å²) in [5.74, 6) is 0.556. The first-order chi connectivity index (χ1) is 9.49. The molecule has 2 aromatic rings. The standard InChI is InChI=1S/C18H21NO/c1-13(2)14-8-10-15(11-9-14)18(20)16-6-5-7-17(12-16)19(3)4/h5-13H,1-4H3. The number of nitrogens with zero attached hydrogens (tertiary/aromatic N) is 1. The van der Waals surface area contributed by atoms with E-state index in [1.54, 1.807) is 0 Å². The lowest BCUT2D eigenvalue weighted by molar-refractivity contribution is 0.103. The Morgan fingerprint density at radius 2 is 1.60 bits per heavy atom. The molecule has 104 valence electrons. The first-order valence-electron chi connectivity index (χ1n) is 6.91. The van der Waals surface area contributed by atoms with Gasteiger partial charge in [-0.3, -0.25) is 4.79 Å². The van der Waals surface area contributed by atoms with Crippen LogP contribution in [0.25, 0.3) is 0 Å². The van der Waals surface area contributed by atoms with Gasteiger partial charge in [-0.1, -0.05) is 50.2 Å². The fourth-order valence-electron chi connectivity index (χ4n) is 2.11. The molecule has 0 fully saturated rings. The molecule has 2 aromatic carbocycles. The van der Waals surface area contributed by atoms with Crippen LogP contribution in [-0.4, -0.2) is 19.9 Å². The van der Waals surface area contributed by atoms with Crippen LogP contribution < -0.4 is 4.90 Å². The molecule has 0 aromatic heterocycles. The summed E-state index contributed by atoms with van der Waals surface area (Å²) in [5.41, 5.74) is 3.76. The van der Waals surface area contributed by atoms with E-state index in [0.29, 0.717) is 5.92 Å². The molecular formula is C18H21NO. The highest BCUT2D eigenvalue weighted by Gasteiger charge is 2.10. The number of ketones is 1. The zero-order chi connectivity index (χ0) is 14.7. The molecule has 2 rings (SSSR count). The van der Waals surface area contributed by atoms with E-state index < -0.39 is 0 Å². The molecule has 2 nitrogen and oxygen atoms in total. The van der Waals surface area contributed by atoms with Gasteiger partial charge in [0.25, 0.3) is 0 Å². The van der Waals surface area contributed by atoms with Crippen molar-refractivity contribution in [1.82, 2.24) is 0 Å². The maximum absolute atomic E-state index is 12.5. The average molecular weight is 267 g/mol. The molecule has 0 amide bonds. The summed E-state index contributed by atoms with van der Waals surface area (Å²) < 4.78 is 0. The van der Waals surface area contributed by atoms with Crippen molar-refractivity contribution in [2.24, 2.45) is 0 Å². The Kier molecular flexibility index (Phi) is 4.23. The minimum absolute atomic E-state index is 0.0732. The van der Waals surface area contributed by atoms with Gasteiger partial charge in [-0.15, -0.1) is 0 Å². The highest BCUT2D eigenvalue weighted by atomic mass is 16.1. The topological polar surface area (TPSA) is 20.3 Å². The summed E-state index contributed by atoms with van der Waals surface area (Å²) in [7, 11) is 3.95. The third kappa shape index (κ3) is 3.08. The first-order valence-corrected chi connectivity index (χ1v) is 6.91. The fraction of sp³-hybridized carbons (Fsp3) is 0.278. The zero-order valence-corrected chi connectivity index (χ0v) is 12.6. The van der Waals surface area contributed by atoms with Gasteiger partial charge in [0.1, 0.15) is 0 Å². The molecule has 0 heterocycles. The van der Waals surface area contributed by atoms with E-state index in [9.17, 15) is 4.79 Å². The maximum Gasteiger partial charge on any atom is 0.193 e. The lowest BCUT2D eigenvalue weighted by Gasteiger charge is -2.13. The molecule has 0 unspecified atom stereocenters. The Morgan fingerprint density at radius 3 is 2.15 bits per heavy atom. The van der Waals surface area contributed by atoms with Crippen LogP contribution in [0.3, 0.4) is 0 Å². The number of benzene rings is 2. The summed E-state index contributed by atoms with van der Waals surface area (Å²) in [6, 6.07) is 15.6. The third-order valence-corrected chi connectivity index (χ3v) is 3.46. The highest BCUT2D eigenvalue weighted by molar-refractivity contribution is 6.09. The van der Waals surface area contributed by atoms with Crippen LogP contribution in [-0.2, 0) is 0 Å². The molecule has 0 saturated carbocycles. The number of carbonyl (C=O) groups excluding carboxylic acids is 1. The summed E-state index contributed by atoms with van der Waals surface area (Å²) >= 11 is 0. The van der Waals surface area contributed by atoms with Crippen LogP contribution in [0.4, 0.5) is 5.69 Å². The monoisotopic (exact) mass is 267 g/mol. The van der Waals surface area contributed by atoms with Crippen LogP contribution in [0.2, 0.25) is 0 Å². The summed E-state index contributed by atoms with van der Waals surface area (Å²) in [4.78, 5) is 14.5. The smallest absolute Gasteiger partial charge is 0.193 e. The van der Waals surface area contributed by atoms with E-state index in [-0.39, 0.29) is 5.78 Å². The predicted octanol–water partition coefficient (Wildman–Crippen LogP) is 4.11. The second kappa shape index (κ2) is 5.91. The molecular weight excluding hydrogens is 246 g/mol. The molecule has 0 saturated heterocycles. The van der Waals surface area contributed by atoms with E-state index in [1.807, 2.05) is 67.5 Å². The number of hydrogen-bond acceptors (Lipinski definition) is 2. The van der Waals surface area contributed by atoms with Crippen LogP contribution in [0, 0.1) is 0 Å². The average Bonchev–Trinajstić information content (AvgIpc) is 2.46. The van der Waals surface area contributed by atoms with Gasteiger partial charge in [0.05, 0.1) is 0 Å². The van der Waals surface area contributed by atoms with Crippen LogP contribution in [0.1, 0.15) is 41.3 Å². The second-order valence-corrected chi connectivity index (χ2v) is 5.55. The molecule has 0 N–H and O–H groups in total. The van der Waals surface area contributed by atoms with Crippen molar-refractivity contribution in [2.75, 3.05) is 19.0 Å². The Balaban J connectivity index is 2.29. The van der Waals surface area contributed by atoms with Crippen molar-refractivity contribution in [1.29, 1.82) is 0 Å². The summed E-state index contributed by atoms with van der Waals surface area (Å²) in [6.45, 7) is 4.30. The lowest BCUT2D eigenvalue weighted by atomic mass is 9.98. The van der Waals surface area contributed by atoms with E-state index in [4.69, 9.17) is 0 Å². The maximum atomic E-state index is 12.5. The molecule has 2 heteroatoms. The molecule has 0 aliphatic carbocycles. The largest absolute Gasteiger partial charge is 0.378 e. The van der Waals surface area contributed by atoms with Crippen molar-refractivity contribution >= 4 is 11.5 Å². The predicted molar refractivity (Wildman–Crippen MR) is 84.7 cm³/mol.